The largest absolute Gasteiger partial charge is 0.416 e. The van der Waals surface area contributed by atoms with Gasteiger partial charge in [0.2, 0.25) is 11.8 Å². The van der Waals surface area contributed by atoms with Gasteiger partial charge < -0.3 is 10.2 Å². The number of likely N-dealkylation sites (tertiary alicyclic amines) is 1. The summed E-state index contributed by atoms with van der Waals surface area (Å²) in [6.07, 6.45) is -4.17. The van der Waals surface area contributed by atoms with E-state index in [1.165, 1.54) is 0 Å². The lowest BCUT2D eigenvalue weighted by atomic mass is 9.83. The molecule has 2 unspecified atom stereocenters. The number of amides is 2. The maximum Gasteiger partial charge on any atom is 0.416 e. The van der Waals surface area contributed by atoms with E-state index in [0.29, 0.717) is 49.9 Å². The van der Waals surface area contributed by atoms with Crippen molar-refractivity contribution in [1.29, 1.82) is 0 Å². The van der Waals surface area contributed by atoms with E-state index in [4.69, 9.17) is 0 Å². The molecule has 1 aromatic rings. The Labute approximate surface area is 207 Å². The lowest BCUT2D eigenvalue weighted by Crippen LogP contribution is -2.45. The van der Waals surface area contributed by atoms with E-state index in [1.54, 1.807) is 4.90 Å². The number of benzene rings is 1. The van der Waals surface area contributed by atoms with Gasteiger partial charge in [-0.05, 0) is 68.1 Å². The van der Waals surface area contributed by atoms with Crippen LogP contribution < -0.4 is 5.32 Å². The van der Waals surface area contributed by atoms with Crippen LogP contribution in [0.5, 0.6) is 0 Å². The lowest BCUT2D eigenvalue weighted by Gasteiger charge is -2.37. The maximum atomic E-state index is 13.1. The van der Waals surface area contributed by atoms with Crippen molar-refractivity contribution < 1.29 is 35.9 Å². The molecule has 1 aliphatic heterocycles. The Morgan fingerprint density at radius 1 is 1.00 bits per heavy atom. The summed E-state index contributed by atoms with van der Waals surface area (Å²) >= 11 is 0. The molecule has 200 valence electrons. The molecule has 10 heteroatoms. The van der Waals surface area contributed by atoms with Crippen LogP contribution in [0.25, 0.3) is 0 Å². The molecule has 1 aliphatic carbocycles. The average Bonchev–Trinajstić information content (AvgIpc) is 3.48. The number of alkyl halides is 6. The van der Waals surface area contributed by atoms with Gasteiger partial charge in [0.25, 0.3) is 0 Å². The summed E-state index contributed by atoms with van der Waals surface area (Å²) in [5.74, 6) is 0.415. The number of carbonyl (C=O) groups excluding carboxylic acids is 2. The second kappa shape index (κ2) is 10.5. The van der Waals surface area contributed by atoms with Crippen LogP contribution in [0.1, 0.15) is 63.5 Å². The van der Waals surface area contributed by atoms with Gasteiger partial charge in [0.15, 0.2) is 0 Å². The summed E-state index contributed by atoms with van der Waals surface area (Å²) in [4.78, 5) is 27.3. The number of hydrogen-bond acceptors (Lipinski definition) is 2. The number of nitrogens with one attached hydrogen (secondary N) is 1. The first kappa shape index (κ1) is 28.1. The molecular formula is C26H32F6N2O2. The Hall–Kier alpha value is -2.52. The van der Waals surface area contributed by atoms with Gasteiger partial charge in [0.1, 0.15) is 0 Å². The van der Waals surface area contributed by atoms with E-state index in [1.807, 2.05) is 19.9 Å². The maximum absolute atomic E-state index is 13.1. The first-order valence-electron chi connectivity index (χ1n) is 12.1. The fourth-order valence-electron chi connectivity index (χ4n) is 5.08. The highest BCUT2D eigenvalue weighted by Gasteiger charge is 2.44. The van der Waals surface area contributed by atoms with Gasteiger partial charge in [-0.3, -0.25) is 9.59 Å². The van der Waals surface area contributed by atoms with Crippen LogP contribution in [0.2, 0.25) is 0 Å². The summed E-state index contributed by atoms with van der Waals surface area (Å²) in [6.45, 7) is 8.58. The summed E-state index contributed by atoms with van der Waals surface area (Å²) in [6, 6.07) is 1.01. The highest BCUT2D eigenvalue weighted by atomic mass is 19.4. The molecule has 1 heterocycles. The molecule has 1 saturated carbocycles. The Morgan fingerprint density at radius 3 is 2.06 bits per heavy atom. The molecule has 2 aliphatic rings. The number of hydrogen-bond donors (Lipinski definition) is 1. The van der Waals surface area contributed by atoms with E-state index >= 15 is 0 Å². The summed E-state index contributed by atoms with van der Waals surface area (Å²) in [5, 5.41) is 2.19. The quantitative estimate of drug-likeness (QED) is 0.300. The van der Waals surface area contributed by atoms with E-state index in [0.717, 1.165) is 19.3 Å². The third-order valence-corrected chi connectivity index (χ3v) is 7.14. The van der Waals surface area contributed by atoms with Crippen LogP contribution in [0, 0.1) is 23.2 Å². The molecule has 2 amide bonds. The van der Waals surface area contributed by atoms with Crippen molar-refractivity contribution in [2.45, 2.75) is 64.7 Å². The van der Waals surface area contributed by atoms with Gasteiger partial charge in [-0.25, -0.2) is 0 Å². The van der Waals surface area contributed by atoms with Crippen LogP contribution in [-0.2, 0) is 21.9 Å². The lowest BCUT2D eigenvalue weighted by molar-refractivity contribution is -0.144. The summed E-state index contributed by atoms with van der Waals surface area (Å²) in [7, 11) is 0. The van der Waals surface area contributed by atoms with Crippen molar-refractivity contribution in [2.75, 3.05) is 18.4 Å². The zero-order valence-corrected chi connectivity index (χ0v) is 20.4. The predicted octanol–water partition coefficient (Wildman–Crippen LogP) is 6.92. The van der Waals surface area contributed by atoms with Crippen LogP contribution in [0.15, 0.2) is 30.9 Å². The molecule has 1 aromatic carbocycles. The van der Waals surface area contributed by atoms with Crippen molar-refractivity contribution in [3.05, 3.63) is 42.0 Å². The smallest absolute Gasteiger partial charge is 0.342 e. The van der Waals surface area contributed by atoms with Crippen molar-refractivity contribution in [3.63, 3.8) is 0 Å². The van der Waals surface area contributed by atoms with Gasteiger partial charge in [-0.15, -0.1) is 6.58 Å². The molecular weight excluding hydrogens is 486 g/mol. The minimum atomic E-state index is -4.99. The fourth-order valence-corrected chi connectivity index (χ4v) is 5.08. The summed E-state index contributed by atoms with van der Waals surface area (Å²) in [5.41, 5.74) is -4.01. The fraction of sp³-hybridized carbons (Fsp3) is 0.615. The number of nitrogens with zero attached hydrogens (tertiary/aromatic N) is 1. The number of anilines is 1. The third kappa shape index (κ3) is 7.26. The Balaban J connectivity index is 1.53. The normalized spacial score (nSPS) is 21.3. The first-order chi connectivity index (χ1) is 16.6. The molecule has 1 N–H and O–H groups in total. The van der Waals surface area contributed by atoms with Crippen LogP contribution in [0.4, 0.5) is 32.0 Å². The third-order valence-electron chi connectivity index (χ3n) is 7.14. The van der Waals surface area contributed by atoms with Gasteiger partial charge in [-0.1, -0.05) is 19.9 Å². The van der Waals surface area contributed by atoms with Crippen molar-refractivity contribution in [3.8, 4) is 0 Å². The molecule has 0 spiro atoms. The predicted molar refractivity (Wildman–Crippen MR) is 124 cm³/mol. The molecule has 2 fully saturated rings. The van der Waals surface area contributed by atoms with E-state index in [-0.39, 0.29) is 24.3 Å². The molecule has 0 aromatic heterocycles. The van der Waals surface area contributed by atoms with Crippen molar-refractivity contribution in [1.82, 2.24) is 4.90 Å². The van der Waals surface area contributed by atoms with Gasteiger partial charge >= 0.3 is 12.4 Å². The van der Waals surface area contributed by atoms with Gasteiger partial charge in [0.05, 0.1) is 11.1 Å². The van der Waals surface area contributed by atoms with Crippen molar-refractivity contribution in [2.24, 2.45) is 23.2 Å². The number of rotatable bonds is 8. The second-order valence-electron chi connectivity index (χ2n) is 10.7. The number of allylic oxidation sites excluding steroid dienone is 1. The van der Waals surface area contributed by atoms with E-state index in [9.17, 15) is 35.9 Å². The average molecular weight is 519 g/mol. The molecule has 0 radical (unpaired) electrons. The highest BCUT2D eigenvalue weighted by Crippen LogP contribution is 2.49. The number of halogens is 6. The van der Waals surface area contributed by atoms with Crippen LogP contribution >= 0.6 is 0 Å². The monoisotopic (exact) mass is 518 g/mol. The Kier molecular flexibility index (Phi) is 8.15. The molecule has 2 atom stereocenters. The SMILES string of the molecule is C=CCC1CC1CC(C)(C)C(=O)N1CCC(CC(=O)Nc2cc(C(F)(F)F)cc(C(F)(F)F)c2)CC1. The van der Waals surface area contributed by atoms with Crippen molar-refractivity contribution >= 4 is 17.5 Å². The van der Waals surface area contributed by atoms with E-state index in [2.05, 4.69) is 11.9 Å². The zero-order chi connectivity index (χ0) is 26.9. The minimum Gasteiger partial charge on any atom is -0.342 e. The number of carbonyl (C=O) groups is 2. The van der Waals surface area contributed by atoms with Crippen LogP contribution in [0.3, 0.4) is 0 Å². The summed E-state index contributed by atoms with van der Waals surface area (Å²) < 4.78 is 78.3. The first-order valence-corrected chi connectivity index (χ1v) is 12.1. The van der Waals surface area contributed by atoms with Crippen LogP contribution in [-0.4, -0.2) is 29.8 Å². The molecule has 1 saturated heterocycles. The van der Waals surface area contributed by atoms with E-state index < -0.39 is 40.5 Å². The molecule has 4 nitrogen and oxygen atoms in total. The Bertz CT molecular complexity index is 945. The number of piperidine rings is 1. The zero-order valence-electron chi connectivity index (χ0n) is 20.4. The second-order valence-corrected chi connectivity index (χ2v) is 10.7. The Morgan fingerprint density at radius 2 is 1.56 bits per heavy atom. The standard InChI is InChI=1S/C26H32F6N2O2/c1-4-5-17-11-18(17)15-24(2,3)23(36)34-8-6-16(7-9-34)10-22(35)33-21-13-19(25(27,28)29)12-20(14-21)26(30,31)32/h4,12-14,16-18H,1,5-11,15H2,2-3H3,(H,33,35). The topological polar surface area (TPSA) is 49.4 Å². The van der Waals surface area contributed by atoms with Gasteiger partial charge in [-0.2, -0.15) is 26.3 Å². The minimum absolute atomic E-state index is 0.0205. The highest BCUT2D eigenvalue weighted by molar-refractivity contribution is 5.91. The van der Waals surface area contributed by atoms with Gasteiger partial charge in [0, 0.05) is 30.6 Å². The molecule has 3 rings (SSSR count). The molecule has 0 bridgehead atoms. The molecule has 36 heavy (non-hydrogen) atoms.